The molecular formula is C8H16N2O2. The molecule has 1 N–H and O–H groups in total. The Morgan fingerprint density at radius 2 is 2.58 bits per heavy atom. The summed E-state index contributed by atoms with van der Waals surface area (Å²) in [6, 6.07) is 0.00982. The molecular weight excluding hydrogens is 156 g/mol. The second-order valence-corrected chi connectivity index (χ2v) is 2.99. The molecule has 0 aromatic heterocycles. The van der Waals surface area contributed by atoms with E-state index in [2.05, 4.69) is 10.2 Å². The van der Waals surface area contributed by atoms with Gasteiger partial charge in [0.15, 0.2) is 0 Å². The van der Waals surface area contributed by atoms with Gasteiger partial charge in [-0.2, -0.15) is 0 Å². The van der Waals surface area contributed by atoms with Crippen LogP contribution in [0.2, 0.25) is 0 Å². The van der Waals surface area contributed by atoms with Gasteiger partial charge in [-0.3, -0.25) is 4.90 Å². The molecule has 0 aliphatic carbocycles. The molecule has 1 rings (SSSR count). The second-order valence-electron chi connectivity index (χ2n) is 2.99. The monoisotopic (exact) mass is 172 g/mol. The van der Waals surface area contributed by atoms with Crippen LogP contribution in [0.3, 0.4) is 0 Å². The molecule has 0 aromatic carbocycles. The molecule has 0 saturated carbocycles. The van der Waals surface area contributed by atoms with E-state index in [-0.39, 0.29) is 6.04 Å². The fourth-order valence-electron chi connectivity index (χ4n) is 1.36. The van der Waals surface area contributed by atoms with E-state index in [9.17, 15) is 4.79 Å². The van der Waals surface area contributed by atoms with Crippen molar-refractivity contribution >= 4 is 6.29 Å². The molecule has 1 unspecified atom stereocenters. The van der Waals surface area contributed by atoms with Crippen molar-refractivity contribution in [3.63, 3.8) is 0 Å². The number of aldehydes is 1. The summed E-state index contributed by atoms with van der Waals surface area (Å²) in [5.74, 6) is 0. The highest BCUT2D eigenvalue weighted by Crippen LogP contribution is 1.96. The Balaban J connectivity index is 2.20. The summed E-state index contributed by atoms with van der Waals surface area (Å²) in [6.45, 7) is 4.38. The number of carbonyl (C=O) groups excluding carboxylic acids is 1. The van der Waals surface area contributed by atoms with Gasteiger partial charge in [0.2, 0.25) is 0 Å². The fraction of sp³-hybridized carbons (Fsp3) is 0.875. The van der Waals surface area contributed by atoms with Crippen LogP contribution in [0.1, 0.15) is 0 Å². The van der Waals surface area contributed by atoms with Crippen LogP contribution in [0.4, 0.5) is 0 Å². The first kappa shape index (κ1) is 9.64. The highest BCUT2D eigenvalue weighted by molar-refractivity contribution is 5.58. The zero-order valence-corrected chi connectivity index (χ0v) is 7.45. The molecule has 1 heterocycles. The molecule has 1 aliphatic heterocycles. The van der Waals surface area contributed by atoms with Gasteiger partial charge in [-0.25, -0.2) is 0 Å². The van der Waals surface area contributed by atoms with Gasteiger partial charge in [-0.15, -0.1) is 0 Å². The van der Waals surface area contributed by atoms with Crippen LogP contribution in [0, 0.1) is 0 Å². The summed E-state index contributed by atoms with van der Waals surface area (Å²) in [4.78, 5) is 12.7. The Labute approximate surface area is 72.9 Å². The van der Waals surface area contributed by atoms with Crippen molar-refractivity contribution in [3.8, 4) is 0 Å². The van der Waals surface area contributed by atoms with E-state index in [1.54, 1.807) is 7.11 Å². The number of methoxy groups -OCH3 is 1. The Morgan fingerprint density at radius 3 is 3.25 bits per heavy atom. The van der Waals surface area contributed by atoms with Crippen molar-refractivity contribution in [2.24, 2.45) is 0 Å². The largest absolute Gasteiger partial charge is 0.383 e. The molecule has 4 nitrogen and oxygen atoms in total. The predicted molar refractivity (Wildman–Crippen MR) is 46.2 cm³/mol. The lowest BCUT2D eigenvalue weighted by Crippen LogP contribution is -2.52. The number of nitrogens with one attached hydrogen (secondary N) is 1. The maximum absolute atomic E-state index is 10.5. The van der Waals surface area contributed by atoms with Crippen LogP contribution in [-0.2, 0) is 9.53 Å². The first-order valence-corrected chi connectivity index (χ1v) is 4.27. The summed E-state index contributed by atoms with van der Waals surface area (Å²) in [7, 11) is 1.69. The normalized spacial score (nSPS) is 25.6. The Morgan fingerprint density at radius 1 is 1.75 bits per heavy atom. The summed E-state index contributed by atoms with van der Waals surface area (Å²) in [5.41, 5.74) is 0. The summed E-state index contributed by atoms with van der Waals surface area (Å²) >= 11 is 0. The summed E-state index contributed by atoms with van der Waals surface area (Å²) < 4.78 is 4.96. The standard InChI is InChI=1S/C8H16N2O2/c1-12-5-4-10-3-2-9-8(6-10)7-11/h7-9H,2-6H2,1H3. The van der Waals surface area contributed by atoms with Crippen LogP contribution in [0.15, 0.2) is 0 Å². The van der Waals surface area contributed by atoms with Crippen LogP contribution in [-0.4, -0.2) is 57.1 Å². The van der Waals surface area contributed by atoms with Crippen molar-refractivity contribution in [1.29, 1.82) is 0 Å². The van der Waals surface area contributed by atoms with Gasteiger partial charge in [-0.1, -0.05) is 0 Å². The lowest BCUT2D eigenvalue weighted by Gasteiger charge is -2.30. The fourth-order valence-corrected chi connectivity index (χ4v) is 1.36. The molecule has 0 bridgehead atoms. The molecule has 4 heteroatoms. The maximum atomic E-state index is 10.5. The first-order chi connectivity index (χ1) is 5.86. The van der Waals surface area contributed by atoms with Crippen LogP contribution in [0.25, 0.3) is 0 Å². The minimum absolute atomic E-state index is 0.00982. The number of piperazine rings is 1. The molecule has 12 heavy (non-hydrogen) atoms. The Kier molecular flexibility index (Phi) is 4.21. The maximum Gasteiger partial charge on any atom is 0.138 e. The second kappa shape index (κ2) is 5.24. The third-order valence-corrected chi connectivity index (χ3v) is 2.07. The van der Waals surface area contributed by atoms with Crippen molar-refractivity contribution in [3.05, 3.63) is 0 Å². The van der Waals surface area contributed by atoms with E-state index in [0.717, 1.165) is 39.1 Å². The van der Waals surface area contributed by atoms with Gasteiger partial charge >= 0.3 is 0 Å². The first-order valence-electron chi connectivity index (χ1n) is 4.27. The van der Waals surface area contributed by atoms with Crippen molar-refractivity contribution in [1.82, 2.24) is 10.2 Å². The quantitative estimate of drug-likeness (QED) is 0.558. The van der Waals surface area contributed by atoms with Crippen LogP contribution < -0.4 is 5.32 Å². The van der Waals surface area contributed by atoms with Crippen LogP contribution in [0.5, 0.6) is 0 Å². The van der Waals surface area contributed by atoms with E-state index in [1.165, 1.54) is 0 Å². The molecule has 1 atom stereocenters. The number of ether oxygens (including phenoxy) is 1. The van der Waals surface area contributed by atoms with Crippen molar-refractivity contribution in [2.45, 2.75) is 6.04 Å². The van der Waals surface area contributed by atoms with Gasteiger partial charge in [0.1, 0.15) is 6.29 Å². The molecule has 1 saturated heterocycles. The average molecular weight is 172 g/mol. The van der Waals surface area contributed by atoms with Gasteiger partial charge in [-0.05, 0) is 0 Å². The van der Waals surface area contributed by atoms with E-state index in [4.69, 9.17) is 4.74 Å². The molecule has 1 fully saturated rings. The Bertz CT molecular complexity index is 141. The summed E-state index contributed by atoms with van der Waals surface area (Å²) in [5, 5.41) is 3.12. The molecule has 0 spiro atoms. The third-order valence-electron chi connectivity index (χ3n) is 2.07. The Hall–Kier alpha value is -0.450. The minimum atomic E-state index is 0.00982. The minimum Gasteiger partial charge on any atom is -0.383 e. The highest BCUT2D eigenvalue weighted by Gasteiger charge is 2.17. The predicted octanol–water partition coefficient (Wildman–Crippen LogP) is -0.894. The SMILES string of the molecule is COCCN1CCNC(C=O)C1. The number of hydrogen-bond donors (Lipinski definition) is 1. The molecule has 0 radical (unpaired) electrons. The zero-order valence-electron chi connectivity index (χ0n) is 7.45. The third kappa shape index (κ3) is 2.89. The lowest BCUT2D eigenvalue weighted by atomic mass is 10.2. The van der Waals surface area contributed by atoms with Gasteiger partial charge in [0, 0.05) is 33.3 Å². The lowest BCUT2D eigenvalue weighted by molar-refractivity contribution is -0.110. The van der Waals surface area contributed by atoms with Gasteiger partial charge < -0.3 is 14.8 Å². The number of hydrogen-bond acceptors (Lipinski definition) is 4. The van der Waals surface area contributed by atoms with Crippen molar-refractivity contribution in [2.75, 3.05) is 39.9 Å². The smallest absolute Gasteiger partial charge is 0.138 e. The van der Waals surface area contributed by atoms with E-state index < -0.39 is 0 Å². The van der Waals surface area contributed by atoms with Gasteiger partial charge in [0.05, 0.1) is 12.6 Å². The summed E-state index contributed by atoms with van der Waals surface area (Å²) in [6.07, 6.45) is 0.971. The highest BCUT2D eigenvalue weighted by atomic mass is 16.5. The molecule has 70 valence electrons. The molecule has 0 amide bonds. The van der Waals surface area contributed by atoms with E-state index >= 15 is 0 Å². The van der Waals surface area contributed by atoms with Gasteiger partial charge in [0.25, 0.3) is 0 Å². The average Bonchev–Trinajstić information content (AvgIpc) is 2.15. The van der Waals surface area contributed by atoms with Crippen molar-refractivity contribution < 1.29 is 9.53 Å². The number of nitrogens with zero attached hydrogens (tertiary/aromatic N) is 1. The number of rotatable bonds is 4. The topological polar surface area (TPSA) is 41.6 Å². The van der Waals surface area contributed by atoms with E-state index in [0.29, 0.717) is 0 Å². The zero-order chi connectivity index (χ0) is 8.81. The number of carbonyl (C=O) groups is 1. The van der Waals surface area contributed by atoms with Crippen LogP contribution >= 0.6 is 0 Å². The molecule has 0 aromatic rings. The van der Waals surface area contributed by atoms with E-state index in [1.807, 2.05) is 0 Å². The molecule has 1 aliphatic rings.